The van der Waals surface area contributed by atoms with Crippen LogP contribution in [0.1, 0.15) is 15.9 Å². The SMILES string of the molecule is O=C(N/N=C\c1ccncc1)c1cccc2ccccc12. The van der Waals surface area contributed by atoms with Crippen molar-refractivity contribution in [3.8, 4) is 0 Å². The van der Waals surface area contributed by atoms with Crippen molar-refractivity contribution in [1.82, 2.24) is 10.4 Å². The van der Waals surface area contributed by atoms with Crippen molar-refractivity contribution >= 4 is 22.9 Å². The third kappa shape index (κ3) is 2.95. The van der Waals surface area contributed by atoms with Gasteiger partial charge in [-0.05, 0) is 34.5 Å². The third-order valence-electron chi connectivity index (χ3n) is 3.12. The first-order chi connectivity index (χ1) is 10.3. The molecule has 1 heterocycles. The molecule has 1 amide bonds. The maximum absolute atomic E-state index is 12.2. The molecule has 0 aliphatic rings. The molecule has 2 aromatic carbocycles. The Balaban J connectivity index is 1.80. The molecule has 0 bridgehead atoms. The Bertz CT molecular complexity index is 792. The summed E-state index contributed by atoms with van der Waals surface area (Å²) < 4.78 is 0. The summed E-state index contributed by atoms with van der Waals surface area (Å²) in [6, 6.07) is 17.0. The van der Waals surface area contributed by atoms with Crippen LogP contribution in [0.4, 0.5) is 0 Å². The summed E-state index contributed by atoms with van der Waals surface area (Å²) in [5.41, 5.74) is 4.04. The highest BCUT2D eigenvalue weighted by Crippen LogP contribution is 2.18. The molecule has 0 radical (unpaired) electrons. The summed E-state index contributed by atoms with van der Waals surface area (Å²) in [7, 11) is 0. The second-order valence-corrected chi connectivity index (χ2v) is 4.51. The quantitative estimate of drug-likeness (QED) is 0.590. The van der Waals surface area contributed by atoms with Gasteiger partial charge in [-0.25, -0.2) is 5.43 Å². The molecule has 21 heavy (non-hydrogen) atoms. The highest BCUT2D eigenvalue weighted by molar-refractivity contribution is 6.07. The smallest absolute Gasteiger partial charge is 0.267 e. The van der Waals surface area contributed by atoms with Gasteiger partial charge in [0.2, 0.25) is 0 Å². The molecule has 3 rings (SSSR count). The zero-order chi connectivity index (χ0) is 14.5. The molecule has 0 atom stereocenters. The predicted molar refractivity (Wildman–Crippen MR) is 83.2 cm³/mol. The lowest BCUT2D eigenvalue weighted by Gasteiger charge is -2.04. The van der Waals surface area contributed by atoms with E-state index in [0.717, 1.165) is 16.3 Å². The Hall–Kier alpha value is -3.01. The zero-order valence-corrected chi connectivity index (χ0v) is 11.2. The van der Waals surface area contributed by atoms with E-state index in [1.807, 2.05) is 48.5 Å². The number of pyridine rings is 1. The average Bonchev–Trinajstić information content (AvgIpc) is 2.55. The molecule has 1 N–H and O–H groups in total. The van der Waals surface area contributed by atoms with Crippen molar-refractivity contribution in [2.75, 3.05) is 0 Å². The lowest BCUT2D eigenvalue weighted by Crippen LogP contribution is -2.17. The minimum absolute atomic E-state index is 0.225. The molecular weight excluding hydrogens is 262 g/mol. The fourth-order valence-corrected chi connectivity index (χ4v) is 2.10. The predicted octanol–water partition coefficient (Wildman–Crippen LogP) is 3.00. The van der Waals surface area contributed by atoms with E-state index < -0.39 is 0 Å². The van der Waals surface area contributed by atoms with E-state index in [0.29, 0.717) is 5.56 Å². The number of rotatable bonds is 3. The van der Waals surface area contributed by atoms with Gasteiger partial charge in [-0.2, -0.15) is 5.10 Å². The van der Waals surface area contributed by atoms with Crippen molar-refractivity contribution in [3.05, 3.63) is 78.1 Å². The second kappa shape index (κ2) is 5.96. The van der Waals surface area contributed by atoms with Gasteiger partial charge in [-0.3, -0.25) is 9.78 Å². The maximum atomic E-state index is 12.2. The van der Waals surface area contributed by atoms with Crippen molar-refractivity contribution < 1.29 is 4.79 Å². The number of hydrogen-bond donors (Lipinski definition) is 1. The molecule has 0 aliphatic carbocycles. The second-order valence-electron chi connectivity index (χ2n) is 4.51. The molecule has 0 unspecified atom stereocenters. The van der Waals surface area contributed by atoms with E-state index in [2.05, 4.69) is 15.5 Å². The van der Waals surface area contributed by atoms with Crippen molar-refractivity contribution in [1.29, 1.82) is 0 Å². The van der Waals surface area contributed by atoms with Crippen molar-refractivity contribution in [2.24, 2.45) is 5.10 Å². The number of carbonyl (C=O) groups is 1. The summed E-state index contributed by atoms with van der Waals surface area (Å²) in [6.07, 6.45) is 4.94. The lowest BCUT2D eigenvalue weighted by molar-refractivity contribution is 0.0957. The topological polar surface area (TPSA) is 54.4 Å². The fraction of sp³-hybridized carbons (Fsp3) is 0. The third-order valence-corrected chi connectivity index (χ3v) is 3.12. The van der Waals surface area contributed by atoms with Crippen LogP contribution in [-0.4, -0.2) is 17.1 Å². The average molecular weight is 275 g/mol. The molecule has 0 spiro atoms. The van der Waals surface area contributed by atoms with Gasteiger partial charge < -0.3 is 0 Å². The van der Waals surface area contributed by atoms with Crippen LogP contribution in [0.25, 0.3) is 10.8 Å². The Kier molecular flexibility index (Phi) is 3.69. The summed E-state index contributed by atoms with van der Waals surface area (Å²) >= 11 is 0. The molecule has 0 fully saturated rings. The van der Waals surface area contributed by atoms with Gasteiger partial charge in [0, 0.05) is 18.0 Å². The number of aromatic nitrogens is 1. The number of nitrogens with zero attached hydrogens (tertiary/aromatic N) is 2. The molecular formula is C17H13N3O. The zero-order valence-electron chi connectivity index (χ0n) is 11.2. The number of hydrazone groups is 1. The van der Waals surface area contributed by atoms with Crippen LogP contribution >= 0.6 is 0 Å². The highest BCUT2D eigenvalue weighted by atomic mass is 16.2. The summed E-state index contributed by atoms with van der Waals surface area (Å²) in [5.74, 6) is -0.225. The maximum Gasteiger partial charge on any atom is 0.271 e. The van der Waals surface area contributed by atoms with Crippen LogP contribution in [0.3, 0.4) is 0 Å². The Morgan fingerprint density at radius 3 is 2.62 bits per heavy atom. The van der Waals surface area contributed by atoms with Crippen LogP contribution in [0.2, 0.25) is 0 Å². The number of benzene rings is 2. The van der Waals surface area contributed by atoms with Crippen molar-refractivity contribution in [2.45, 2.75) is 0 Å². The van der Waals surface area contributed by atoms with Gasteiger partial charge in [0.25, 0.3) is 5.91 Å². The van der Waals surface area contributed by atoms with Gasteiger partial charge in [-0.1, -0.05) is 36.4 Å². The minimum Gasteiger partial charge on any atom is -0.267 e. The molecule has 0 aliphatic heterocycles. The first-order valence-corrected chi connectivity index (χ1v) is 6.56. The Morgan fingerprint density at radius 1 is 1.00 bits per heavy atom. The van der Waals surface area contributed by atoms with Gasteiger partial charge >= 0.3 is 0 Å². The molecule has 102 valence electrons. The molecule has 4 heteroatoms. The standard InChI is InChI=1S/C17H13N3O/c21-17(20-19-12-13-8-10-18-11-9-13)16-7-3-5-14-4-1-2-6-15(14)16/h1-12H,(H,20,21)/b19-12-. The fourth-order valence-electron chi connectivity index (χ4n) is 2.10. The van der Waals surface area contributed by atoms with E-state index in [9.17, 15) is 4.79 Å². The van der Waals surface area contributed by atoms with E-state index in [1.165, 1.54) is 0 Å². The molecule has 3 aromatic rings. The van der Waals surface area contributed by atoms with Gasteiger partial charge in [-0.15, -0.1) is 0 Å². The normalized spacial score (nSPS) is 10.9. The van der Waals surface area contributed by atoms with Crippen LogP contribution < -0.4 is 5.43 Å². The monoisotopic (exact) mass is 275 g/mol. The largest absolute Gasteiger partial charge is 0.271 e. The van der Waals surface area contributed by atoms with E-state index in [4.69, 9.17) is 0 Å². The van der Waals surface area contributed by atoms with E-state index in [-0.39, 0.29) is 5.91 Å². The van der Waals surface area contributed by atoms with Crippen molar-refractivity contribution in [3.63, 3.8) is 0 Å². The summed E-state index contributed by atoms with van der Waals surface area (Å²) in [5, 5.41) is 5.92. The van der Waals surface area contributed by atoms with Crippen LogP contribution in [0.15, 0.2) is 72.1 Å². The van der Waals surface area contributed by atoms with Crippen LogP contribution in [0, 0.1) is 0 Å². The highest BCUT2D eigenvalue weighted by Gasteiger charge is 2.08. The number of carbonyl (C=O) groups excluding carboxylic acids is 1. The Morgan fingerprint density at radius 2 is 1.76 bits per heavy atom. The molecule has 0 saturated carbocycles. The van der Waals surface area contributed by atoms with Crippen LogP contribution in [-0.2, 0) is 0 Å². The van der Waals surface area contributed by atoms with Gasteiger partial charge in [0.15, 0.2) is 0 Å². The van der Waals surface area contributed by atoms with E-state index >= 15 is 0 Å². The first kappa shape index (κ1) is 13.0. The number of fused-ring (bicyclic) bond motifs is 1. The Labute approximate surface area is 122 Å². The number of nitrogens with one attached hydrogen (secondary N) is 1. The number of hydrogen-bond acceptors (Lipinski definition) is 3. The van der Waals surface area contributed by atoms with Gasteiger partial charge in [0.05, 0.1) is 6.21 Å². The summed E-state index contributed by atoms with van der Waals surface area (Å²) in [4.78, 5) is 16.1. The van der Waals surface area contributed by atoms with Crippen LogP contribution in [0.5, 0.6) is 0 Å². The first-order valence-electron chi connectivity index (χ1n) is 6.56. The molecule has 1 aromatic heterocycles. The minimum atomic E-state index is -0.225. The van der Waals surface area contributed by atoms with Gasteiger partial charge in [0.1, 0.15) is 0 Å². The number of amides is 1. The molecule has 4 nitrogen and oxygen atoms in total. The molecule has 0 saturated heterocycles. The summed E-state index contributed by atoms with van der Waals surface area (Å²) in [6.45, 7) is 0. The van der Waals surface area contributed by atoms with E-state index in [1.54, 1.807) is 24.7 Å². The lowest BCUT2D eigenvalue weighted by atomic mass is 10.0.